The molecule has 1 amide bonds. The summed E-state index contributed by atoms with van der Waals surface area (Å²) >= 11 is 0. The first kappa shape index (κ1) is 24.3. The van der Waals surface area contributed by atoms with Gasteiger partial charge in [-0.1, -0.05) is 18.2 Å². The van der Waals surface area contributed by atoms with Crippen molar-refractivity contribution in [1.29, 1.82) is 0 Å². The number of aromatic nitrogens is 3. The van der Waals surface area contributed by atoms with Crippen LogP contribution in [0.3, 0.4) is 0 Å². The molecule has 1 atom stereocenters. The van der Waals surface area contributed by atoms with Crippen LogP contribution in [0.1, 0.15) is 21.5 Å². The van der Waals surface area contributed by atoms with Crippen LogP contribution in [-0.4, -0.2) is 45.1 Å². The second-order valence-electron chi connectivity index (χ2n) is 8.08. The number of nitrogens with zero attached hydrogens (tertiary/aromatic N) is 3. The lowest BCUT2D eigenvalue weighted by Gasteiger charge is -2.17. The summed E-state index contributed by atoms with van der Waals surface area (Å²) in [4.78, 5) is 38.4. The van der Waals surface area contributed by atoms with Crippen molar-refractivity contribution >= 4 is 23.5 Å². The Kier molecular flexibility index (Phi) is 7.50. The number of hydrogen-bond donors (Lipinski definition) is 3. The molecule has 9 heteroatoms. The van der Waals surface area contributed by atoms with Crippen molar-refractivity contribution in [2.24, 2.45) is 0 Å². The summed E-state index contributed by atoms with van der Waals surface area (Å²) in [5.41, 5.74) is 4.22. The summed E-state index contributed by atoms with van der Waals surface area (Å²) in [5, 5.41) is 15.4. The Labute approximate surface area is 208 Å². The number of anilines is 2. The van der Waals surface area contributed by atoms with E-state index in [1.165, 1.54) is 19.2 Å². The number of phenolic OH excluding ortho intramolecular Hbond substituents is 1. The Balaban J connectivity index is 1.52. The predicted octanol–water partition coefficient (Wildman–Crippen LogP) is 3.81. The molecule has 0 fully saturated rings. The molecule has 0 saturated carbocycles. The van der Waals surface area contributed by atoms with Gasteiger partial charge in [0, 0.05) is 41.8 Å². The number of methoxy groups -OCH3 is 1. The maximum Gasteiger partial charge on any atom is 0.328 e. The molecule has 0 aliphatic rings. The first-order valence-corrected chi connectivity index (χ1v) is 11.2. The quantitative estimate of drug-likeness (QED) is 0.323. The maximum absolute atomic E-state index is 13.1. The lowest BCUT2D eigenvalue weighted by Crippen LogP contribution is -2.43. The zero-order valence-electron chi connectivity index (χ0n) is 19.8. The van der Waals surface area contributed by atoms with Crippen LogP contribution in [0.2, 0.25) is 0 Å². The Morgan fingerprint density at radius 2 is 1.86 bits per heavy atom. The molecule has 36 heavy (non-hydrogen) atoms. The van der Waals surface area contributed by atoms with Crippen LogP contribution in [0.5, 0.6) is 5.75 Å². The number of amides is 1. The molecule has 182 valence electrons. The fraction of sp³-hybridized carbons (Fsp3) is 0.148. The molecule has 3 N–H and O–H groups in total. The van der Waals surface area contributed by atoms with Crippen molar-refractivity contribution in [2.75, 3.05) is 12.4 Å². The fourth-order valence-electron chi connectivity index (χ4n) is 3.56. The molecule has 9 nitrogen and oxygen atoms in total. The van der Waals surface area contributed by atoms with Crippen molar-refractivity contribution in [3.05, 3.63) is 95.9 Å². The van der Waals surface area contributed by atoms with Crippen LogP contribution in [0.15, 0.2) is 79.3 Å². The minimum absolute atomic E-state index is 0.118. The zero-order valence-corrected chi connectivity index (χ0v) is 19.8. The van der Waals surface area contributed by atoms with E-state index in [0.717, 1.165) is 16.7 Å². The topological polar surface area (TPSA) is 126 Å². The Morgan fingerprint density at radius 3 is 2.58 bits per heavy atom. The van der Waals surface area contributed by atoms with Gasteiger partial charge >= 0.3 is 5.97 Å². The molecule has 0 saturated heterocycles. The van der Waals surface area contributed by atoms with Gasteiger partial charge in [0.15, 0.2) is 0 Å². The highest BCUT2D eigenvalue weighted by molar-refractivity contribution is 5.98. The van der Waals surface area contributed by atoms with Gasteiger partial charge in [0.1, 0.15) is 11.8 Å². The summed E-state index contributed by atoms with van der Waals surface area (Å²) in [6, 6.07) is 16.2. The predicted molar refractivity (Wildman–Crippen MR) is 135 cm³/mol. The molecule has 2 aromatic heterocycles. The highest BCUT2D eigenvalue weighted by atomic mass is 16.5. The maximum atomic E-state index is 13.1. The van der Waals surface area contributed by atoms with E-state index in [1.54, 1.807) is 55.0 Å². The van der Waals surface area contributed by atoms with Gasteiger partial charge in [-0.2, -0.15) is 0 Å². The number of aryl methyl sites for hydroxylation is 1. The van der Waals surface area contributed by atoms with E-state index in [-0.39, 0.29) is 12.2 Å². The summed E-state index contributed by atoms with van der Waals surface area (Å²) in [7, 11) is 1.27. The first-order chi connectivity index (χ1) is 17.4. The molecule has 0 unspecified atom stereocenters. The lowest BCUT2D eigenvalue weighted by molar-refractivity contribution is -0.142. The summed E-state index contributed by atoms with van der Waals surface area (Å²) in [6.07, 6.45) is 5.27. The number of carbonyl (C=O) groups excluding carboxylic acids is 2. The van der Waals surface area contributed by atoms with Crippen molar-refractivity contribution in [2.45, 2.75) is 19.4 Å². The molecule has 0 radical (unpaired) electrons. The van der Waals surface area contributed by atoms with Gasteiger partial charge in [0.25, 0.3) is 5.91 Å². The van der Waals surface area contributed by atoms with Gasteiger partial charge in [0.05, 0.1) is 12.8 Å². The number of phenols is 1. The smallest absolute Gasteiger partial charge is 0.328 e. The van der Waals surface area contributed by atoms with Crippen LogP contribution in [0.4, 0.5) is 11.6 Å². The summed E-state index contributed by atoms with van der Waals surface area (Å²) in [5.74, 6) is -0.511. The Hall–Kier alpha value is -4.79. The summed E-state index contributed by atoms with van der Waals surface area (Å²) in [6.45, 7) is 1.90. The number of benzene rings is 2. The van der Waals surface area contributed by atoms with Gasteiger partial charge < -0.3 is 20.5 Å². The molecular formula is C27H25N5O4. The van der Waals surface area contributed by atoms with Crippen molar-refractivity contribution < 1.29 is 19.4 Å². The van der Waals surface area contributed by atoms with Crippen molar-refractivity contribution in [3.63, 3.8) is 0 Å². The molecule has 0 aliphatic carbocycles. The van der Waals surface area contributed by atoms with E-state index in [1.807, 2.05) is 19.1 Å². The zero-order chi connectivity index (χ0) is 25.5. The number of ether oxygens (including phenoxy) is 1. The van der Waals surface area contributed by atoms with Gasteiger partial charge in [-0.25, -0.2) is 14.8 Å². The highest BCUT2D eigenvalue weighted by Gasteiger charge is 2.23. The monoisotopic (exact) mass is 483 g/mol. The van der Waals surface area contributed by atoms with Crippen LogP contribution in [0.25, 0.3) is 11.3 Å². The number of aromatic hydroxyl groups is 1. The van der Waals surface area contributed by atoms with Gasteiger partial charge in [-0.15, -0.1) is 0 Å². The number of esters is 1. The number of rotatable bonds is 8. The largest absolute Gasteiger partial charge is 0.508 e. The lowest BCUT2D eigenvalue weighted by atomic mass is 10.0. The van der Waals surface area contributed by atoms with E-state index in [2.05, 4.69) is 25.6 Å². The van der Waals surface area contributed by atoms with Crippen LogP contribution in [-0.2, 0) is 16.0 Å². The third kappa shape index (κ3) is 6.01. The SMILES string of the molecule is COC(=O)[C@@H](Cc1ccc(O)cc1)NC(=O)c1ccc(C)c(Nc2nccc(-c3cccnc3)n2)c1. The van der Waals surface area contributed by atoms with Gasteiger partial charge in [0.2, 0.25) is 5.95 Å². The minimum atomic E-state index is -0.899. The second kappa shape index (κ2) is 11.1. The fourth-order valence-corrected chi connectivity index (χ4v) is 3.56. The summed E-state index contributed by atoms with van der Waals surface area (Å²) < 4.78 is 4.88. The molecular weight excluding hydrogens is 458 g/mol. The molecule has 4 aromatic rings. The average Bonchev–Trinajstić information content (AvgIpc) is 2.91. The minimum Gasteiger partial charge on any atom is -0.508 e. The molecule has 2 aromatic carbocycles. The first-order valence-electron chi connectivity index (χ1n) is 11.2. The van der Waals surface area contributed by atoms with E-state index >= 15 is 0 Å². The van der Waals surface area contributed by atoms with E-state index < -0.39 is 17.9 Å². The average molecular weight is 484 g/mol. The highest BCUT2D eigenvalue weighted by Crippen LogP contribution is 2.22. The van der Waals surface area contributed by atoms with Crippen molar-refractivity contribution in [1.82, 2.24) is 20.3 Å². The van der Waals surface area contributed by atoms with Crippen LogP contribution < -0.4 is 10.6 Å². The molecule has 2 heterocycles. The second-order valence-corrected chi connectivity index (χ2v) is 8.08. The molecule has 0 spiro atoms. The van der Waals surface area contributed by atoms with E-state index in [0.29, 0.717) is 22.9 Å². The third-order valence-electron chi connectivity index (χ3n) is 5.53. The molecule has 4 rings (SSSR count). The Bertz CT molecular complexity index is 1360. The normalized spacial score (nSPS) is 11.4. The standard InChI is InChI=1S/C27H25N5O4/c1-17-5-8-19(25(34)30-24(26(35)36-2)14-18-6-9-21(33)10-7-18)15-23(17)32-27-29-13-11-22(31-27)20-4-3-12-28-16-20/h3-13,15-16,24,33H,14H2,1-2H3,(H,30,34)(H,29,31,32)/t24-/m1/s1. The van der Waals surface area contributed by atoms with E-state index in [4.69, 9.17) is 4.74 Å². The van der Waals surface area contributed by atoms with Gasteiger partial charge in [-0.05, 0) is 60.5 Å². The Morgan fingerprint density at radius 1 is 1.06 bits per heavy atom. The number of carbonyl (C=O) groups is 2. The van der Waals surface area contributed by atoms with Crippen LogP contribution in [0, 0.1) is 6.92 Å². The van der Waals surface area contributed by atoms with E-state index in [9.17, 15) is 14.7 Å². The van der Waals surface area contributed by atoms with Crippen molar-refractivity contribution in [3.8, 4) is 17.0 Å². The molecule has 0 bridgehead atoms. The third-order valence-corrected chi connectivity index (χ3v) is 5.53. The number of nitrogens with one attached hydrogen (secondary N) is 2. The van der Waals surface area contributed by atoms with Crippen LogP contribution >= 0.6 is 0 Å². The number of pyridine rings is 1. The molecule has 0 aliphatic heterocycles. The van der Waals surface area contributed by atoms with Gasteiger partial charge in [-0.3, -0.25) is 9.78 Å². The number of hydrogen-bond acceptors (Lipinski definition) is 8.